The molecule has 2 nitrogen and oxygen atoms in total. The van der Waals surface area contributed by atoms with E-state index in [4.69, 9.17) is 0 Å². The van der Waals surface area contributed by atoms with Crippen LogP contribution in [-0.4, -0.2) is 30.4 Å². The van der Waals surface area contributed by atoms with Crippen molar-refractivity contribution in [1.82, 2.24) is 4.90 Å². The molecular formula is C13H18N2. The van der Waals surface area contributed by atoms with Gasteiger partial charge in [-0.05, 0) is 12.0 Å². The van der Waals surface area contributed by atoms with Crippen LogP contribution in [0.3, 0.4) is 0 Å². The molecule has 0 bridgehead atoms. The van der Waals surface area contributed by atoms with Crippen molar-refractivity contribution < 1.29 is 0 Å². The van der Waals surface area contributed by atoms with E-state index in [1.54, 1.807) is 0 Å². The predicted molar refractivity (Wildman–Crippen MR) is 64.3 cm³/mol. The number of rotatable bonds is 3. The summed E-state index contributed by atoms with van der Waals surface area (Å²) in [5.74, 6) is 1.25. The van der Waals surface area contributed by atoms with Gasteiger partial charge in [-0.3, -0.25) is 4.99 Å². The minimum Gasteiger partial charge on any atom is -0.358 e. The highest BCUT2D eigenvalue weighted by molar-refractivity contribution is 5.83. The van der Waals surface area contributed by atoms with Crippen LogP contribution >= 0.6 is 0 Å². The van der Waals surface area contributed by atoms with Crippen molar-refractivity contribution in [2.45, 2.75) is 25.8 Å². The molecular weight excluding hydrogens is 184 g/mol. The van der Waals surface area contributed by atoms with Crippen LogP contribution in [0.25, 0.3) is 0 Å². The van der Waals surface area contributed by atoms with Gasteiger partial charge in [0.2, 0.25) is 0 Å². The van der Waals surface area contributed by atoms with Gasteiger partial charge in [-0.25, -0.2) is 0 Å². The molecule has 1 aromatic carbocycles. The molecule has 2 heteroatoms. The average Bonchev–Trinajstić information content (AvgIpc) is 2.62. The van der Waals surface area contributed by atoms with E-state index in [0.717, 1.165) is 19.4 Å². The number of benzene rings is 1. The largest absolute Gasteiger partial charge is 0.358 e. The Morgan fingerprint density at radius 1 is 1.33 bits per heavy atom. The van der Waals surface area contributed by atoms with Gasteiger partial charge in [-0.2, -0.15) is 0 Å². The zero-order valence-corrected chi connectivity index (χ0v) is 9.48. The van der Waals surface area contributed by atoms with Crippen molar-refractivity contribution in [2.75, 3.05) is 13.6 Å². The fraction of sp³-hybridized carbons (Fsp3) is 0.462. The number of hydrogen-bond donors (Lipinski definition) is 0. The summed E-state index contributed by atoms with van der Waals surface area (Å²) in [5.41, 5.74) is 1.40. The number of nitrogens with zero attached hydrogens (tertiary/aromatic N) is 2. The Kier molecular flexibility index (Phi) is 3.05. The molecule has 2 rings (SSSR count). The second-order valence-electron chi connectivity index (χ2n) is 4.06. The average molecular weight is 202 g/mol. The Labute approximate surface area is 91.6 Å². The van der Waals surface area contributed by atoms with Crippen LogP contribution in [0, 0.1) is 0 Å². The van der Waals surface area contributed by atoms with Gasteiger partial charge < -0.3 is 4.90 Å². The summed E-state index contributed by atoms with van der Waals surface area (Å²) >= 11 is 0. The highest BCUT2D eigenvalue weighted by atomic mass is 15.2. The van der Waals surface area contributed by atoms with Crippen LogP contribution in [0.15, 0.2) is 35.3 Å². The lowest BCUT2D eigenvalue weighted by atomic mass is 10.1. The molecule has 1 aliphatic rings. The van der Waals surface area contributed by atoms with Gasteiger partial charge in [0.05, 0.1) is 18.4 Å². The first-order chi connectivity index (χ1) is 7.31. The summed E-state index contributed by atoms with van der Waals surface area (Å²) in [7, 11) is 2.16. The van der Waals surface area contributed by atoms with Crippen molar-refractivity contribution in [3.05, 3.63) is 35.9 Å². The van der Waals surface area contributed by atoms with Crippen LogP contribution in [0.4, 0.5) is 0 Å². The second kappa shape index (κ2) is 4.47. The van der Waals surface area contributed by atoms with E-state index in [-0.39, 0.29) is 0 Å². The minimum atomic E-state index is 0.558. The van der Waals surface area contributed by atoms with E-state index >= 15 is 0 Å². The van der Waals surface area contributed by atoms with Crippen LogP contribution in [0.5, 0.6) is 0 Å². The molecule has 1 unspecified atom stereocenters. The molecule has 0 fully saturated rings. The van der Waals surface area contributed by atoms with Gasteiger partial charge in [0, 0.05) is 13.5 Å². The van der Waals surface area contributed by atoms with Crippen molar-refractivity contribution in [3.8, 4) is 0 Å². The third kappa shape index (κ3) is 2.20. The fourth-order valence-electron chi connectivity index (χ4n) is 2.10. The molecule has 0 amide bonds. The molecule has 0 saturated heterocycles. The topological polar surface area (TPSA) is 15.6 Å². The quantitative estimate of drug-likeness (QED) is 0.734. The molecule has 0 radical (unpaired) electrons. The van der Waals surface area contributed by atoms with E-state index in [1.807, 2.05) is 0 Å². The molecule has 1 aliphatic heterocycles. The number of likely N-dealkylation sites (N-methyl/N-ethyl adjacent to an activating group) is 1. The van der Waals surface area contributed by atoms with E-state index < -0.39 is 0 Å². The molecule has 1 atom stereocenters. The zero-order chi connectivity index (χ0) is 10.7. The standard InChI is InChI=1S/C13H18N2/c1-3-13-14-10-12(15(13)2)9-11-7-5-4-6-8-11/h4-8,12H,3,9-10H2,1-2H3. The molecule has 0 spiro atoms. The van der Waals surface area contributed by atoms with Crippen molar-refractivity contribution in [2.24, 2.45) is 4.99 Å². The lowest BCUT2D eigenvalue weighted by molar-refractivity contribution is 0.397. The monoisotopic (exact) mass is 202 g/mol. The van der Waals surface area contributed by atoms with E-state index in [0.29, 0.717) is 6.04 Å². The molecule has 80 valence electrons. The van der Waals surface area contributed by atoms with Crippen molar-refractivity contribution in [3.63, 3.8) is 0 Å². The van der Waals surface area contributed by atoms with Crippen molar-refractivity contribution in [1.29, 1.82) is 0 Å². The van der Waals surface area contributed by atoms with Gasteiger partial charge in [-0.1, -0.05) is 37.3 Å². The van der Waals surface area contributed by atoms with Gasteiger partial charge in [0.25, 0.3) is 0 Å². The number of amidine groups is 1. The van der Waals surface area contributed by atoms with Gasteiger partial charge in [0.15, 0.2) is 0 Å². The predicted octanol–water partition coefficient (Wildman–Crippen LogP) is 2.35. The van der Waals surface area contributed by atoms with E-state index in [1.165, 1.54) is 11.4 Å². The lowest BCUT2D eigenvalue weighted by Crippen LogP contribution is -2.34. The molecule has 15 heavy (non-hydrogen) atoms. The summed E-state index contributed by atoms with van der Waals surface area (Å²) in [4.78, 5) is 6.88. The third-order valence-corrected chi connectivity index (χ3v) is 3.07. The van der Waals surface area contributed by atoms with Crippen molar-refractivity contribution >= 4 is 5.84 Å². The maximum Gasteiger partial charge on any atom is 0.0987 e. The maximum atomic E-state index is 4.56. The summed E-state index contributed by atoms with van der Waals surface area (Å²) in [6, 6.07) is 11.2. The molecule has 0 saturated carbocycles. The van der Waals surface area contributed by atoms with E-state index in [2.05, 4.69) is 54.2 Å². The smallest absolute Gasteiger partial charge is 0.0987 e. The lowest BCUT2D eigenvalue weighted by Gasteiger charge is -2.22. The second-order valence-corrected chi connectivity index (χ2v) is 4.06. The summed E-state index contributed by atoms with van der Waals surface area (Å²) in [6.07, 6.45) is 2.14. The van der Waals surface area contributed by atoms with E-state index in [9.17, 15) is 0 Å². The SMILES string of the molecule is CCC1=NCC(Cc2ccccc2)N1C. The highest BCUT2D eigenvalue weighted by Crippen LogP contribution is 2.15. The number of aliphatic imine (C=N–C) groups is 1. The third-order valence-electron chi connectivity index (χ3n) is 3.07. The normalized spacial score (nSPS) is 20.5. The Morgan fingerprint density at radius 3 is 2.67 bits per heavy atom. The van der Waals surface area contributed by atoms with Crippen LogP contribution in [0.1, 0.15) is 18.9 Å². The fourth-order valence-corrected chi connectivity index (χ4v) is 2.10. The molecule has 0 aliphatic carbocycles. The molecule has 1 heterocycles. The van der Waals surface area contributed by atoms with Crippen LogP contribution < -0.4 is 0 Å². The Balaban J connectivity index is 1.99. The van der Waals surface area contributed by atoms with Gasteiger partial charge in [-0.15, -0.1) is 0 Å². The van der Waals surface area contributed by atoms with Gasteiger partial charge >= 0.3 is 0 Å². The number of hydrogen-bond acceptors (Lipinski definition) is 2. The minimum absolute atomic E-state index is 0.558. The summed E-state index contributed by atoms with van der Waals surface area (Å²) < 4.78 is 0. The first-order valence-corrected chi connectivity index (χ1v) is 5.61. The molecule has 1 aromatic rings. The Hall–Kier alpha value is -1.31. The molecule has 0 aromatic heterocycles. The first-order valence-electron chi connectivity index (χ1n) is 5.61. The van der Waals surface area contributed by atoms with Crippen LogP contribution in [0.2, 0.25) is 0 Å². The Morgan fingerprint density at radius 2 is 2.07 bits per heavy atom. The van der Waals surface area contributed by atoms with Gasteiger partial charge in [0.1, 0.15) is 0 Å². The maximum absolute atomic E-state index is 4.56. The Bertz CT molecular complexity index is 343. The van der Waals surface area contributed by atoms with Crippen LogP contribution in [-0.2, 0) is 6.42 Å². The zero-order valence-electron chi connectivity index (χ0n) is 9.48. The highest BCUT2D eigenvalue weighted by Gasteiger charge is 2.22. The summed E-state index contributed by atoms with van der Waals surface area (Å²) in [6.45, 7) is 3.12. The molecule has 0 N–H and O–H groups in total. The summed E-state index contributed by atoms with van der Waals surface area (Å²) in [5, 5.41) is 0. The first kappa shape index (κ1) is 10.2.